The van der Waals surface area contributed by atoms with Gasteiger partial charge in [0.25, 0.3) is 5.91 Å². The van der Waals surface area contributed by atoms with Crippen molar-refractivity contribution in [2.45, 2.75) is 37.8 Å². The topological polar surface area (TPSA) is 81.9 Å². The molecule has 2 aromatic heterocycles. The maximum atomic E-state index is 12.7. The summed E-state index contributed by atoms with van der Waals surface area (Å²) in [5.74, 6) is -0.104. The molecule has 0 spiro atoms. The number of rotatable bonds is 5. The lowest BCUT2D eigenvalue weighted by atomic mass is 9.93. The van der Waals surface area contributed by atoms with Crippen LogP contribution in [-0.2, 0) is 7.05 Å². The molecular formula is C21H22ClN5O2. The highest BCUT2D eigenvalue weighted by molar-refractivity contribution is 6.30. The number of amides is 1. The second-order valence-corrected chi connectivity index (χ2v) is 7.59. The Bertz CT molecular complexity index is 966. The summed E-state index contributed by atoms with van der Waals surface area (Å²) in [7, 11) is 1.79. The number of halogens is 1. The molecular weight excluding hydrogens is 390 g/mol. The minimum atomic E-state index is -0.104. The van der Waals surface area contributed by atoms with Gasteiger partial charge in [-0.1, -0.05) is 41.9 Å². The van der Waals surface area contributed by atoms with E-state index in [9.17, 15) is 4.79 Å². The number of nitrogens with one attached hydrogen (secondary N) is 1. The second-order valence-electron chi connectivity index (χ2n) is 7.15. The van der Waals surface area contributed by atoms with E-state index in [0.29, 0.717) is 16.7 Å². The number of carbonyl (C=O) groups is 1. The predicted octanol–water partition coefficient (Wildman–Crippen LogP) is 3.65. The van der Waals surface area contributed by atoms with E-state index in [1.807, 2.05) is 36.4 Å². The van der Waals surface area contributed by atoms with Gasteiger partial charge in [-0.05, 0) is 31.7 Å². The van der Waals surface area contributed by atoms with Crippen LogP contribution in [0, 0.1) is 0 Å². The molecule has 0 bridgehead atoms. The molecule has 8 heteroatoms. The fraction of sp³-hybridized carbons (Fsp3) is 0.333. The summed E-state index contributed by atoms with van der Waals surface area (Å²) >= 11 is 5.79. The molecule has 29 heavy (non-hydrogen) atoms. The molecule has 1 saturated carbocycles. The van der Waals surface area contributed by atoms with E-state index in [-0.39, 0.29) is 18.1 Å². The van der Waals surface area contributed by atoms with Crippen LogP contribution >= 0.6 is 11.6 Å². The van der Waals surface area contributed by atoms with Crippen molar-refractivity contribution in [1.82, 2.24) is 25.1 Å². The van der Waals surface area contributed by atoms with Gasteiger partial charge >= 0.3 is 6.01 Å². The maximum Gasteiger partial charge on any atom is 0.316 e. The Kier molecular flexibility index (Phi) is 5.76. The summed E-state index contributed by atoms with van der Waals surface area (Å²) in [6, 6.07) is 12.1. The molecule has 1 aliphatic carbocycles. The first kappa shape index (κ1) is 19.4. The highest BCUT2D eigenvalue weighted by Crippen LogP contribution is 2.23. The zero-order chi connectivity index (χ0) is 20.2. The van der Waals surface area contributed by atoms with Crippen LogP contribution in [0.1, 0.15) is 36.2 Å². The highest BCUT2D eigenvalue weighted by atomic mass is 35.5. The van der Waals surface area contributed by atoms with E-state index in [1.165, 1.54) is 12.4 Å². The smallest absolute Gasteiger partial charge is 0.316 e. The van der Waals surface area contributed by atoms with Gasteiger partial charge in [-0.15, -0.1) is 0 Å². The Hall–Kier alpha value is -2.93. The summed E-state index contributed by atoms with van der Waals surface area (Å²) in [6.07, 6.45) is 6.43. The van der Waals surface area contributed by atoms with Crippen LogP contribution in [0.3, 0.4) is 0 Å². The molecule has 0 unspecified atom stereocenters. The van der Waals surface area contributed by atoms with E-state index >= 15 is 0 Å². The average molecular weight is 412 g/mol. The number of nitrogens with zero attached hydrogens (tertiary/aromatic N) is 4. The number of carbonyl (C=O) groups excluding carboxylic acids is 1. The van der Waals surface area contributed by atoms with Crippen molar-refractivity contribution < 1.29 is 9.53 Å². The molecule has 1 N–H and O–H groups in total. The minimum absolute atomic E-state index is 0.0470. The second kappa shape index (κ2) is 8.61. The van der Waals surface area contributed by atoms with Crippen LogP contribution in [0.4, 0.5) is 0 Å². The molecule has 2 heterocycles. The number of ether oxygens (including phenoxy) is 1. The molecule has 1 amide bonds. The molecule has 0 radical (unpaired) electrons. The van der Waals surface area contributed by atoms with Crippen LogP contribution in [0.15, 0.2) is 48.8 Å². The Balaban J connectivity index is 1.32. The largest absolute Gasteiger partial charge is 0.460 e. The third-order valence-corrected chi connectivity index (χ3v) is 5.26. The van der Waals surface area contributed by atoms with Crippen molar-refractivity contribution in [2.75, 3.05) is 0 Å². The third kappa shape index (κ3) is 4.74. The van der Waals surface area contributed by atoms with Gasteiger partial charge in [-0.2, -0.15) is 5.10 Å². The lowest BCUT2D eigenvalue weighted by Gasteiger charge is -2.28. The van der Waals surface area contributed by atoms with Crippen LogP contribution in [0.25, 0.3) is 11.3 Å². The molecule has 1 aliphatic rings. The van der Waals surface area contributed by atoms with Crippen molar-refractivity contribution >= 4 is 17.5 Å². The van der Waals surface area contributed by atoms with Gasteiger partial charge in [-0.25, -0.2) is 9.97 Å². The minimum Gasteiger partial charge on any atom is -0.460 e. The van der Waals surface area contributed by atoms with Crippen molar-refractivity contribution in [3.8, 4) is 17.3 Å². The predicted molar refractivity (Wildman–Crippen MR) is 110 cm³/mol. The number of hydrogen-bond acceptors (Lipinski definition) is 5. The Morgan fingerprint density at radius 2 is 1.83 bits per heavy atom. The monoisotopic (exact) mass is 411 g/mol. The number of benzene rings is 1. The lowest BCUT2D eigenvalue weighted by molar-refractivity contribution is 0.0876. The summed E-state index contributed by atoms with van der Waals surface area (Å²) in [5.41, 5.74) is 2.33. The first-order valence-corrected chi connectivity index (χ1v) is 10.0. The fourth-order valence-corrected chi connectivity index (χ4v) is 3.62. The summed E-state index contributed by atoms with van der Waals surface area (Å²) in [5, 5.41) is 8.08. The van der Waals surface area contributed by atoms with Crippen LogP contribution in [0.5, 0.6) is 6.01 Å². The number of aromatic nitrogens is 4. The van der Waals surface area contributed by atoms with E-state index in [0.717, 1.165) is 36.9 Å². The Morgan fingerprint density at radius 1 is 1.14 bits per heavy atom. The van der Waals surface area contributed by atoms with Gasteiger partial charge < -0.3 is 10.1 Å². The van der Waals surface area contributed by atoms with E-state index in [1.54, 1.807) is 11.7 Å². The van der Waals surface area contributed by atoms with Gasteiger partial charge in [0.2, 0.25) is 0 Å². The SMILES string of the molecule is Cn1nc(-c2ccccc2)cc1C(=O)NC1CCC(Oc2ncc(Cl)cn2)CC1. The Labute approximate surface area is 174 Å². The summed E-state index contributed by atoms with van der Waals surface area (Å²) in [6.45, 7) is 0. The number of hydrogen-bond donors (Lipinski definition) is 1. The number of aryl methyl sites for hydroxylation is 1. The quantitative estimate of drug-likeness (QED) is 0.693. The molecule has 0 atom stereocenters. The molecule has 0 aliphatic heterocycles. The molecule has 7 nitrogen and oxygen atoms in total. The van der Waals surface area contributed by atoms with Crippen LogP contribution < -0.4 is 10.1 Å². The van der Waals surface area contributed by atoms with Crippen molar-refractivity contribution in [1.29, 1.82) is 0 Å². The van der Waals surface area contributed by atoms with E-state index < -0.39 is 0 Å². The van der Waals surface area contributed by atoms with Crippen molar-refractivity contribution in [3.05, 3.63) is 59.5 Å². The molecule has 150 valence electrons. The first-order valence-electron chi connectivity index (χ1n) is 9.63. The van der Waals surface area contributed by atoms with Crippen molar-refractivity contribution in [2.24, 2.45) is 7.05 Å². The molecule has 4 rings (SSSR count). The zero-order valence-corrected chi connectivity index (χ0v) is 16.8. The zero-order valence-electron chi connectivity index (χ0n) is 16.1. The molecule has 3 aromatic rings. The normalized spacial score (nSPS) is 19.0. The summed E-state index contributed by atoms with van der Waals surface area (Å²) < 4.78 is 7.44. The summed E-state index contributed by atoms with van der Waals surface area (Å²) in [4.78, 5) is 20.9. The van der Waals surface area contributed by atoms with Gasteiger partial charge in [0.1, 0.15) is 11.8 Å². The molecule has 1 aromatic carbocycles. The molecule has 0 saturated heterocycles. The molecule has 1 fully saturated rings. The van der Waals surface area contributed by atoms with Crippen LogP contribution in [-0.4, -0.2) is 37.8 Å². The fourth-order valence-electron chi connectivity index (χ4n) is 3.52. The Morgan fingerprint density at radius 3 is 2.52 bits per heavy atom. The first-order chi connectivity index (χ1) is 14.1. The van der Waals surface area contributed by atoms with Gasteiger partial charge in [-0.3, -0.25) is 9.48 Å². The maximum absolute atomic E-state index is 12.7. The lowest BCUT2D eigenvalue weighted by Crippen LogP contribution is -2.40. The standard InChI is InChI=1S/C21H22ClN5O2/c1-27-19(11-18(26-27)14-5-3-2-4-6-14)20(28)25-16-7-9-17(10-8-16)29-21-23-12-15(22)13-24-21/h2-6,11-13,16-17H,7-10H2,1H3,(H,25,28). The van der Waals surface area contributed by atoms with E-state index in [2.05, 4.69) is 20.4 Å². The van der Waals surface area contributed by atoms with Crippen molar-refractivity contribution in [3.63, 3.8) is 0 Å². The average Bonchev–Trinajstić information content (AvgIpc) is 3.14. The van der Waals surface area contributed by atoms with Gasteiger partial charge in [0, 0.05) is 18.7 Å². The third-order valence-electron chi connectivity index (χ3n) is 5.06. The highest BCUT2D eigenvalue weighted by Gasteiger charge is 2.25. The van der Waals surface area contributed by atoms with Gasteiger partial charge in [0.15, 0.2) is 0 Å². The van der Waals surface area contributed by atoms with Gasteiger partial charge in [0.05, 0.1) is 23.1 Å². The van der Waals surface area contributed by atoms with E-state index in [4.69, 9.17) is 16.3 Å². The van der Waals surface area contributed by atoms with Crippen LogP contribution in [0.2, 0.25) is 5.02 Å².